The van der Waals surface area contributed by atoms with Gasteiger partial charge in [0.1, 0.15) is 0 Å². The van der Waals surface area contributed by atoms with Gasteiger partial charge in [0.25, 0.3) is 0 Å². The molecule has 0 heterocycles. The van der Waals surface area contributed by atoms with Gasteiger partial charge in [-0.05, 0) is 31.2 Å². The summed E-state index contributed by atoms with van der Waals surface area (Å²) in [6, 6.07) is 0. The fourth-order valence-corrected chi connectivity index (χ4v) is 2.05. The third kappa shape index (κ3) is 3.64. The Morgan fingerprint density at radius 1 is 1.36 bits per heavy atom. The van der Waals surface area contributed by atoms with Crippen LogP contribution in [0.1, 0.15) is 25.7 Å². The maximum absolute atomic E-state index is 10.4. The van der Waals surface area contributed by atoms with Gasteiger partial charge in [-0.3, -0.25) is 4.79 Å². The Morgan fingerprint density at radius 2 is 2.07 bits per heavy atom. The Bertz CT molecular complexity index is 185. The lowest BCUT2D eigenvalue weighted by atomic mass is 9.97. The topological polar surface area (TPSA) is 78.3 Å². The molecule has 2 unspecified atom stereocenters. The van der Waals surface area contributed by atoms with E-state index in [2.05, 4.69) is 0 Å². The molecular weight excluding hydrogens is 180 g/mol. The minimum atomic E-state index is -0.299. The van der Waals surface area contributed by atoms with Crippen molar-refractivity contribution >= 4 is 5.91 Å². The van der Waals surface area contributed by atoms with Gasteiger partial charge in [-0.25, -0.2) is 0 Å². The second kappa shape index (κ2) is 5.98. The van der Waals surface area contributed by atoms with Crippen LogP contribution in [0, 0.1) is 11.8 Å². The maximum atomic E-state index is 10.4. The first-order valence-corrected chi connectivity index (χ1v) is 5.30. The summed E-state index contributed by atoms with van der Waals surface area (Å²) in [5.74, 6) is 0.906. The van der Waals surface area contributed by atoms with Crippen molar-refractivity contribution in [1.82, 2.24) is 0 Å². The summed E-state index contributed by atoms with van der Waals surface area (Å²) < 4.78 is 5.40. The molecule has 1 fully saturated rings. The number of carbonyl (C=O) groups excluding carboxylic acids is 1. The van der Waals surface area contributed by atoms with Gasteiger partial charge in [0.15, 0.2) is 0 Å². The van der Waals surface area contributed by atoms with E-state index in [0.717, 1.165) is 13.2 Å². The second-order valence-corrected chi connectivity index (χ2v) is 3.98. The zero-order valence-electron chi connectivity index (χ0n) is 8.58. The molecule has 4 heteroatoms. The van der Waals surface area contributed by atoms with Crippen molar-refractivity contribution in [3.8, 4) is 0 Å². The number of hydrogen-bond donors (Lipinski definition) is 2. The fourth-order valence-electron chi connectivity index (χ4n) is 2.05. The highest BCUT2D eigenvalue weighted by atomic mass is 16.5. The Kier molecular flexibility index (Phi) is 4.90. The van der Waals surface area contributed by atoms with Crippen LogP contribution < -0.4 is 11.5 Å². The van der Waals surface area contributed by atoms with E-state index >= 15 is 0 Å². The van der Waals surface area contributed by atoms with Crippen molar-refractivity contribution in [3.63, 3.8) is 0 Å². The van der Waals surface area contributed by atoms with Crippen LogP contribution in [-0.2, 0) is 9.53 Å². The standard InChI is InChI=1S/C10H20N2O2/c11-6-8-2-1-3-9(8)7-14-5-4-10(12)13/h8-9H,1-7,11H2,(H2,12,13). The largest absolute Gasteiger partial charge is 0.381 e. The summed E-state index contributed by atoms with van der Waals surface area (Å²) >= 11 is 0. The van der Waals surface area contributed by atoms with E-state index in [0.29, 0.717) is 24.9 Å². The highest BCUT2D eigenvalue weighted by Crippen LogP contribution is 2.30. The van der Waals surface area contributed by atoms with Crippen molar-refractivity contribution in [3.05, 3.63) is 0 Å². The highest BCUT2D eigenvalue weighted by Gasteiger charge is 2.25. The summed E-state index contributed by atoms with van der Waals surface area (Å²) in [6.45, 7) is 1.93. The number of primary amides is 1. The molecule has 82 valence electrons. The van der Waals surface area contributed by atoms with Crippen LogP contribution >= 0.6 is 0 Å². The molecule has 1 saturated carbocycles. The summed E-state index contributed by atoms with van der Waals surface area (Å²) in [4.78, 5) is 10.4. The lowest BCUT2D eigenvalue weighted by molar-refractivity contribution is -0.119. The SMILES string of the molecule is NCC1CCCC1COCCC(N)=O. The van der Waals surface area contributed by atoms with E-state index in [1.165, 1.54) is 19.3 Å². The van der Waals surface area contributed by atoms with Crippen LogP contribution in [-0.4, -0.2) is 25.7 Å². The summed E-state index contributed by atoms with van der Waals surface area (Å²) in [6.07, 6.45) is 4.00. The van der Waals surface area contributed by atoms with Crippen LogP contribution in [0.5, 0.6) is 0 Å². The predicted octanol–water partition coefficient (Wildman–Crippen LogP) is 0.253. The van der Waals surface area contributed by atoms with E-state index in [4.69, 9.17) is 16.2 Å². The van der Waals surface area contributed by atoms with E-state index < -0.39 is 0 Å². The molecule has 0 spiro atoms. The molecule has 0 radical (unpaired) electrons. The molecule has 2 atom stereocenters. The molecule has 1 amide bonds. The average molecular weight is 200 g/mol. The first-order chi connectivity index (χ1) is 6.74. The van der Waals surface area contributed by atoms with Crippen molar-refractivity contribution in [2.24, 2.45) is 23.3 Å². The van der Waals surface area contributed by atoms with Gasteiger partial charge in [0, 0.05) is 13.0 Å². The number of nitrogens with two attached hydrogens (primary N) is 2. The number of carbonyl (C=O) groups is 1. The third-order valence-corrected chi connectivity index (χ3v) is 2.94. The third-order valence-electron chi connectivity index (χ3n) is 2.94. The van der Waals surface area contributed by atoms with Gasteiger partial charge >= 0.3 is 0 Å². The van der Waals surface area contributed by atoms with Crippen LogP contribution in [0.15, 0.2) is 0 Å². The van der Waals surface area contributed by atoms with Gasteiger partial charge in [-0.2, -0.15) is 0 Å². The van der Waals surface area contributed by atoms with Gasteiger partial charge in [-0.15, -0.1) is 0 Å². The lowest BCUT2D eigenvalue weighted by Gasteiger charge is -2.17. The molecule has 0 bridgehead atoms. The van der Waals surface area contributed by atoms with E-state index in [1.807, 2.05) is 0 Å². The molecule has 14 heavy (non-hydrogen) atoms. The first-order valence-electron chi connectivity index (χ1n) is 5.30. The quantitative estimate of drug-likeness (QED) is 0.603. The number of rotatable bonds is 6. The minimum Gasteiger partial charge on any atom is -0.381 e. The van der Waals surface area contributed by atoms with Crippen molar-refractivity contribution in [2.45, 2.75) is 25.7 Å². The molecule has 0 aromatic carbocycles. The van der Waals surface area contributed by atoms with E-state index in [9.17, 15) is 4.79 Å². The van der Waals surface area contributed by atoms with Gasteiger partial charge < -0.3 is 16.2 Å². The molecule has 1 aliphatic carbocycles. The minimum absolute atomic E-state index is 0.299. The zero-order valence-corrected chi connectivity index (χ0v) is 8.58. The van der Waals surface area contributed by atoms with Crippen molar-refractivity contribution in [2.75, 3.05) is 19.8 Å². The monoisotopic (exact) mass is 200 g/mol. The Morgan fingerprint density at radius 3 is 2.71 bits per heavy atom. The van der Waals surface area contributed by atoms with Crippen LogP contribution in [0.2, 0.25) is 0 Å². The Balaban J connectivity index is 2.08. The smallest absolute Gasteiger partial charge is 0.219 e. The van der Waals surface area contributed by atoms with E-state index in [-0.39, 0.29) is 5.91 Å². The second-order valence-electron chi connectivity index (χ2n) is 3.98. The van der Waals surface area contributed by atoms with Crippen LogP contribution in [0.4, 0.5) is 0 Å². The molecule has 4 nitrogen and oxygen atoms in total. The number of amides is 1. The van der Waals surface area contributed by atoms with Crippen molar-refractivity contribution in [1.29, 1.82) is 0 Å². The Hall–Kier alpha value is -0.610. The molecule has 0 saturated heterocycles. The number of hydrogen-bond acceptors (Lipinski definition) is 3. The summed E-state index contributed by atoms with van der Waals surface area (Å²) in [7, 11) is 0. The fraction of sp³-hybridized carbons (Fsp3) is 0.900. The maximum Gasteiger partial charge on any atom is 0.219 e. The van der Waals surface area contributed by atoms with Gasteiger partial charge in [-0.1, -0.05) is 6.42 Å². The van der Waals surface area contributed by atoms with Gasteiger partial charge in [0.05, 0.1) is 6.61 Å². The zero-order chi connectivity index (χ0) is 10.4. The normalized spacial score (nSPS) is 26.6. The molecule has 0 aromatic rings. The molecular formula is C10H20N2O2. The number of ether oxygens (including phenoxy) is 1. The molecule has 1 rings (SSSR count). The molecule has 1 aliphatic rings. The predicted molar refractivity (Wildman–Crippen MR) is 54.5 cm³/mol. The highest BCUT2D eigenvalue weighted by molar-refractivity contribution is 5.73. The lowest BCUT2D eigenvalue weighted by Crippen LogP contribution is -2.23. The average Bonchev–Trinajstić information content (AvgIpc) is 2.59. The summed E-state index contributed by atoms with van der Waals surface area (Å²) in [5.41, 5.74) is 10.6. The Labute approximate surface area is 85.0 Å². The van der Waals surface area contributed by atoms with Crippen LogP contribution in [0.25, 0.3) is 0 Å². The first kappa shape index (κ1) is 11.5. The molecule has 4 N–H and O–H groups in total. The van der Waals surface area contributed by atoms with E-state index in [1.54, 1.807) is 0 Å². The van der Waals surface area contributed by atoms with Gasteiger partial charge in [0.2, 0.25) is 5.91 Å². The van der Waals surface area contributed by atoms with Crippen LogP contribution in [0.3, 0.4) is 0 Å². The molecule has 0 aromatic heterocycles. The summed E-state index contributed by atoms with van der Waals surface area (Å²) in [5, 5.41) is 0. The molecule has 0 aliphatic heterocycles. The van der Waals surface area contributed by atoms with Crippen molar-refractivity contribution < 1.29 is 9.53 Å².